The number of hydrogen-bond acceptors (Lipinski definition) is 2. The number of carbonyl (C=O) groups excluding carboxylic acids is 1. The van der Waals surface area contributed by atoms with Gasteiger partial charge in [0.1, 0.15) is 5.75 Å². The normalized spacial score (nSPS) is 18.8. The van der Waals surface area contributed by atoms with Gasteiger partial charge in [-0.3, -0.25) is 4.79 Å². The summed E-state index contributed by atoms with van der Waals surface area (Å²) in [5, 5.41) is 0. The highest BCUT2D eigenvalue weighted by molar-refractivity contribution is 5.97. The number of ether oxygens (including phenoxy) is 1. The zero-order chi connectivity index (χ0) is 11.1. The SMILES string of the molecule is CN1C(=O)COc2cc3c(cc21)CCCC3. The Morgan fingerprint density at radius 1 is 1.19 bits per heavy atom. The molecule has 0 N–H and O–H groups in total. The highest BCUT2D eigenvalue weighted by atomic mass is 16.5. The van der Waals surface area contributed by atoms with Crippen molar-refractivity contribution in [3.63, 3.8) is 0 Å². The van der Waals surface area contributed by atoms with Crippen LogP contribution in [-0.2, 0) is 17.6 Å². The first-order chi connectivity index (χ1) is 7.75. The van der Waals surface area contributed by atoms with E-state index in [2.05, 4.69) is 12.1 Å². The quantitative estimate of drug-likeness (QED) is 0.664. The van der Waals surface area contributed by atoms with Crippen LogP contribution in [-0.4, -0.2) is 19.6 Å². The lowest BCUT2D eigenvalue weighted by Gasteiger charge is -2.28. The van der Waals surface area contributed by atoms with Crippen LogP contribution in [0.3, 0.4) is 0 Å². The van der Waals surface area contributed by atoms with Gasteiger partial charge in [-0.05, 0) is 48.9 Å². The van der Waals surface area contributed by atoms with Gasteiger partial charge in [0.2, 0.25) is 0 Å². The maximum atomic E-state index is 11.5. The molecule has 2 aliphatic rings. The first-order valence-corrected chi connectivity index (χ1v) is 5.81. The molecule has 1 aromatic rings. The van der Waals surface area contributed by atoms with Gasteiger partial charge in [-0.15, -0.1) is 0 Å². The molecule has 1 heterocycles. The Kier molecular flexibility index (Phi) is 2.13. The fraction of sp³-hybridized carbons (Fsp3) is 0.462. The molecule has 16 heavy (non-hydrogen) atoms. The molecule has 0 aromatic heterocycles. The summed E-state index contributed by atoms with van der Waals surface area (Å²) in [6, 6.07) is 4.24. The number of aryl methyl sites for hydroxylation is 2. The second-order valence-corrected chi connectivity index (χ2v) is 4.54. The van der Waals surface area contributed by atoms with Gasteiger partial charge in [-0.2, -0.15) is 0 Å². The van der Waals surface area contributed by atoms with E-state index < -0.39 is 0 Å². The molecular formula is C13H15NO2. The van der Waals surface area contributed by atoms with Gasteiger partial charge in [-0.25, -0.2) is 0 Å². The Morgan fingerprint density at radius 2 is 1.88 bits per heavy atom. The average molecular weight is 217 g/mol. The molecule has 1 aliphatic carbocycles. The molecule has 1 aliphatic heterocycles. The largest absolute Gasteiger partial charge is 0.482 e. The minimum atomic E-state index is 0.0308. The van der Waals surface area contributed by atoms with Crippen LogP contribution in [0.2, 0.25) is 0 Å². The number of amides is 1. The summed E-state index contributed by atoms with van der Waals surface area (Å²) in [5.41, 5.74) is 3.71. The lowest BCUT2D eigenvalue weighted by molar-refractivity contribution is -0.120. The van der Waals surface area contributed by atoms with Crippen LogP contribution in [0.25, 0.3) is 0 Å². The zero-order valence-electron chi connectivity index (χ0n) is 9.45. The third-order valence-corrected chi connectivity index (χ3v) is 3.51. The second kappa shape index (κ2) is 3.51. The minimum Gasteiger partial charge on any atom is -0.482 e. The molecule has 0 bridgehead atoms. The molecule has 0 atom stereocenters. The van der Waals surface area contributed by atoms with Crippen LogP contribution in [0, 0.1) is 0 Å². The van der Waals surface area contributed by atoms with Crippen LogP contribution in [0.4, 0.5) is 5.69 Å². The minimum absolute atomic E-state index is 0.0308. The van der Waals surface area contributed by atoms with Crippen molar-refractivity contribution in [1.82, 2.24) is 0 Å². The van der Waals surface area contributed by atoms with Gasteiger partial charge in [0.25, 0.3) is 5.91 Å². The third-order valence-electron chi connectivity index (χ3n) is 3.51. The van der Waals surface area contributed by atoms with Gasteiger partial charge in [0.05, 0.1) is 5.69 Å². The van der Waals surface area contributed by atoms with Crippen molar-refractivity contribution in [3.8, 4) is 5.75 Å². The van der Waals surface area contributed by atoms with E-state index in [4.69, 9.17) is 4.74 Å². The van der Waals surface area contributed by atoms with Crippen LogP contribution < -0.4 is 9.64 Å². The number of anilines is 1. The summed E-state index contributed by atoms with van der Waals surface area (Å²) in [4.78, 5) is 13.2. The zero-order valence-corrected chi connectivity index (χ0v) is 9.45. The maximum absolute atomic E-state index is 11.5. The summed E-state index contributed by atoms with van der Waals surface area (Å²) in [6.45, 7) is 0.169. The van der Waals surface area contributed by atoms with Crippen LogP contribution in [0.15, 0.2) is 12.1 Å². The Hall–Kier alpha value is -1.51. The van der Waals surface area contributed by atoms with Crippen molar-refractivity contribution in [1.29, 1.82) is 0 Å². The topological polar surface area (TPSA) is 29.5 Å². The molecule has 0 radical (unpaired) electrons. The number of benzene rings is 1. The van der Waals surface area contributed by atoms with Crippen molar-refractivity contribution in [2.24, 2.45) is 0 Å². The fourth-order valence-corrected chi connectivity index (χ4v) is 2.50. The third kappa shape index (κ3) is 1.39. The van der Waals surface area contributed by atoms with E-state index in [0.29, 0.717) is 0 Å². The smallest absolute Gasteiger partial charge is 0.264 e. The lowest BCUT2D eigenvalue weighted by atomic mass is 9.90. The maximum Gasteiger partial charge on any atom is 0.264 e. The van der Waals surface area contributed by atoms with E-state index in [9.17, 15) is 4.79 Å². The Labute approximate surface area is 95.0 Å². The average Bonchev–Trinajstić information content (AvgIpc) is 2.32. The predicted octanol–water partition coefficient (Wildman–Crippen LogP) is 1.92. The van der Waals surface area contributed by atoms with Crippen LogP contribution >= 0.6 is 0 Å². The molecule has 3 heteroatoms. The highest BCUT2D eigenvalue weighted by Gasteiger charge is 2.24. The number of rotatable bonds is 0. The van der Waals surface area contributed by atoms with Gasteiger partial charge >= 0.3 is 0 Å². The number of carbonyl (C=O) groups is 1. The van der Waals surface area contributed by atoms with Crippen LogP contribution in [0.1, 0.15) is 24.0 Å². The van der Waals surface area contributed by atoms with E-state index in [1.807, 2.05) is 7.05 Å². The van der Waals surface area contributed by atoms with E-state index in [1.165, 1.54) is 24.0 Å². The number of fused-ring (bicyclic) bond motifs is 2. The molecule has 3 rings (SSSR count). The number of nitrogens with zero attached hydrogens (tertiary/aromatic N) is 1. The van der Waals surface area contributed by atoms with Gasteiger partial charge in [0, 0.05) is 7.05 Å². The first kappa shape index (κ1) is 9.70. The molecule has 1 amide bonds. The number of hydrogen-bond donors (Lipinski definition) is 0. The van der Waals surface area contributed by atoms with Crippen molar-refractivity contribution >= 4 is 11.6 Å². The standard InChI is InChI=1S/C13H15NO2/c1-14-11-6-9-4-2-3-5-10(9)7-12(11)16-8-13(14)15/h6-7H,2-5,8H2,1H3. The number of likely N-dealkylation sites (N-methyl/N-ethyl adjacent to an activating group) is 1. The second-order valence-electron chi connectivity index (χ2n) is 4.54. The Morgan fingerprint density at radius 3 is 2.62 bits per heavy atom. The molecule has 0 spiro atoms. The Balaban J connectivity index is 2.10. The highest BCUT2D eigenvalue weighted by Crippen LogP contribution is 2.36. The molecule has 0 saturated heterocycles. The van der Waals surface area contributed by atoms with E-state index >= 15 is 0 Å². The molecule has 84 valence electrons. The summed E-state index contributed by atoms with van der Waals surface area (Å²) < 4.78 is 5.48. The summed E-state index contributed by atoms with van der Waals surface area (Å²) in [5.74, 6) is 0.894. The van der Waals surface area contributed by atoms with E-state index in [1.54, 1.807) is 4.90 Å². The fourth-order valence-electron chi connectivity index (χ4n) is 2.50. The van der Waals surface area contributed by atoms with Crippen molar-refractivity contribution < 1.29 is 9.53 Å². The molecule has 0 unspecified atom stereocenters. The van der Waals surface area contributed by atoms with Gasteiger partial charge in [0.15, 0.2) is 6.61 Å². The van der Waals surface area contributed by atoms with Gasteiger partial charge < -0.3 is 9.64 Å². The van der Waals surface area contributed by atoms with Gasteiger partial charge in [-0.1, -0.05) is 0 Å². The Bertz CT molecular complexity index is 453. The van der Waals surface area contributed by atoms with E-state index in [-0.39, 0.29) is 12.5 Å². The summed E-state index contributed by atoms with van der Waals surface area (Å²) >= 11 is 0. The van der Waals surface area contributed by atoms with Crippen molar-refractivity contribution in [3.05, 3.63) is 23.3 Å². The molecule has 3 nitrogen and oxygen atoms in total. The predicted molar refractivity (Wildman–Crippen MR) is 62.0 cm³/mol. The lowest BCUT2D eigenvalue weighted by Crippen LogP contribution is -2.35. The van der Waals surface area contributed by atoms with Crippen molar-refractivity contribution in [2.75, 3.05) is 18.6 Å². The molecular weight excluding hydrogens is 202 g/mol. The first-order valence-electron chi connectivity index (χ1n) is 5.81. The summed E-state index contributed by atoms with van der Waals surface area (Å²) in [6.07, 6.45) is 4.79. The summed E-state index contributed by atoms with van der Waals surface area (Å²) in [7, 11) is 1.82. The van der Waals surface area contributed by atoms with Crippen molar-refractivity contribution in [2.45, 2.75) is 25.7 Å². The van der Waals surface area contributed by atoms with E-state index in [0.717, 1.165) is 24.3 Å². The molecule has 1 aromatic carbocycles. The molecule has 0 saturated carbocycles. The van der Waals surface area contributed by atoms with Crippen LogP contribution in [0.5, 0.6) is 5.75 Å². The molecule has 0 fully saturated rings. The monoisotopic (exact) mass is 217 g/mol.